The van der Waals surface area contributed by atoms with Crippen LogP contribution in [0.3, 0.4) is 0 Å². The lowest BCUT2D eigenvalue weighted by Crippen LogP contribution is -2.04. The Morgan fingerprint density at radius 3 is 2.61 bits per heavy atom. The summed E-state index contributed by atoms with van der Waals surface area (Å²) in [7, 11) is 1.50. The lowest BCUT2D eigenvalue weighted by atomic mass is 10.0. The van der Waals surface area contributed by atoms with E-state index in [1.165, 1.54) is 20.1 Å². The minimum absolute atomic E-state index is 0.202. The molecule has 0 radical (unpaired) electrons. The third-order valence-electron chi connectivity index (χ3n) is 2.33. The van der Waals surface area contributed by atoms with E-state index in [9.17, 15) is 9.59 Å². The molecule has 0 bridgehead atoms. The summed E-state index contributed by atoms with van der Waals surface area (Å²) in [6.07, 6.45) is 2.38. The Morgan fingerprint density at radius 1 is 1.44 bits per heavy atom. The minimum Gasteiger partial charge on any atom is -0.497 e. The van der Waals surface area contributed by atoms with E-state index in [1.807, 2.05) is 0 Å². The first-order valence-electron chi connectivity index (χ1n) is 5.19. The number of hydrogen-bond acceptors (Lipinski definition) is 3. The number of carboxylic acids is 1. The van der Waals surface area contributed by atoms with Crippen LogP contribution in [0.1, 0.15) is 23.4 Å². The molecule has 1 aromatic carbocycles. The highest BCUT2D eigenvalue weighted by Gasteiger charge is 2.16. The summed E-state index contributed by atoms with van der Waals surface area (Å²) in [6, 6.07) is 4.96. The second-order valence-corrected chi connectivity index (χ2v) is 4.08. The van der Waals surface area contributed by atoms with E-state index in [0.29, 0.717) is 16.9 Å². The van der Waals surface area contributed by atoms with Crippen molar-refractivity contribution >= 4 is 29.4 Å². The van der Waals surface area contributed by atoms with Crippen molar-refractivity contribution in [2.45, 2.75) is 12.3 Å². The van der Waals surface area contributed by atoms with E-state index in [1.54, 1.807) is 18.2 Å². The minimum atomic E-state index is -1.07. The molecule has 4 nitrogen and oxygen atoms in total. The monoisotopic (exact) mass is 268 g/mol. The molecule has 5 heteroatoms. The van der Waals surface area contributed by atoms with Crippen molar-refractivity contribution in [1.82, 2.24) is 0 Å². The second-order valence-electron chi connectivity index (χ2n) is 3.64. The SMILES string of the molecule is COc1ccc(C(Cl)C(C)=O)c(C=CC(=O)O)c1. The summed E-state index contributed by atoms with van der Waals surface area (Å²) in [6.45, 7) is 1.38. The van der Waals surface area contributed by atoms with E-state index < -0.39 is 11.3 Å². The number of methoxy groups -OCH3 is 1. The molecule has 1 atom stereocenters. The van der Waals surface area contributed by atoms with E-state index in [0.717, 1.165) is 6.08 Å². The zero-order valence-corrected chi connectivity index (χ0v) is 10.8. The summed E-state index contributed by atoms with van der Waals surface area (Å²) in [4.78, 5) is 21.8. The molecule has 1 unspecified atom stereocenters. The molecule has 96 valence electrons. The molecule has 0 amide bonds. The molecule has 0 aliphatic rings. The molecule has 1 rings (SSSR count). The number of benzene rings is 1. The highest BCUT2D eigenvalue weighted by molar-refractivity contribution is 6.31. The van der Waals surface area contributed by atoms with E-state index in [-0.39, 0.29) is 5.78 Å². The van der Waals surface area contributed by atoms with Gasteiger partial charge in [0.05, 0.1) is 7.11 Å². The first kappa shape index (κ1) is 14.3. The number of halogens is 1. The fraction of sp³-hybridized carbons (Fsp3) is 0.231. The number of carbonyl (C=O) groups is 2. The average Bonchev–Trinajstić information content (AvgIpc) is 2.34. The number of rotatable bonds is 5. The van der Waals surface area contributed by atoms with Gasteiger partial charge in [0.15, 0.2) is 5.78 Å². The third-order valence-corrected chi connectivity index (χ3v) is 2.87. The summed E-state index contributed by atoms with van der Waals surface area (Å²) in [5, 5.41) is 7.82. The first-order valence-corrected chi connectivity index (χ1v) is 5.62. The normalized spacial score (nSPS) is 12.4. The van der Waals surface area contributed by atoms with Crippen LogP contribution in [0.15, 0.2) is 24.3 Å². The summed E-state index contributed by atoms with van der Waals surface area (Å²) >= 11 is 5.99. The van der Waals surface area contributed by atoms with Crippen molar-refractivity contribution < 1.29 is 19.4 Å². The van der Waals surface area contributed by atoms with Gasteiger partial charge in [0.1, 0.15) is 11.1 Å². The highest BCUT2D eigenvalue weighted by Crippen LogP contribution is 2.29. The van der Waals surface area contributed by atoms with Gasteiger partial charge in [-0.15, -0.1) is 11.6 Å². The van der Waals surface area contributed by atoms with Crippen LogP contribution >= 0.6 is 11.6 Å². The Balaban J connectivity index is 3.24. The van der Waals surface area contributed by atoms with Gasteiger partial charge in [-0.05, 0) is 36.3 Å². The van der Waals surface area contributed by atoms with Gasteiger partial charge in [0, 0.05) is 6.08 Å². The summed E-state index contributed by atoms with van der Waals surface area (Å²) < 4.78 is 5.05. The molecule has 1 aromatic rings. The number of ether oxygens (including phenoxy) is 1. The molecule has 0 saturated carbocycles. The van der Waals surface area contributed by atoms with Crippen LogP contribution in [0.25, 0.3) is 6.08 Å². The van der Waals surface area contributed by atoms with Crippen LogP contribution in [-0.4, -0.2) is 24.0 Å². The van der Waals surface area contributed by atoms with Crippen molar-refractivity contribution in [2.24, 2.45) is 0 Å². The number of Topliss-reactive ketones (excluding diaryl/α,β-unsaturated/α-hetero) is 1. The van der Waals surface area contributed by atoms with Crippen molar-refractivity contribution in [3.8, 4) is 5.75 Å². The Kier molecular flexibility index (Phi) is 4.92. The van der Waals surface area contributed by atoms with Crippen LogP contribution in [0.4, 0.5) is 0 Å². The molecule has 0 heterocycles. The fourth-order valence-corrected chi connectivity index (χ4v) is 1.63. The fourth-order valence-electron chi connectivity index (χ4n) is 1.44. The molecule has 0 spiro atoms. The number of hydrogen-bond donors (Lipinski definition) is 1. The van der Waals surface area contributed by atoms with E-state index >= 15 is 0 Å². The molecule has 1 N–H and O–H groups in total. The summed E-state index contributed by atoms with van der Waals surface area (Å²) in [5.41, 5.74) is 1.11. The average molecular weight is 269 g/mol. The van der Waals surface area contributed by atoms with E-state index in [4.69, 9.17) is 21.4 Å². The Hall–Kier alpha value is -1.81. The predicted molar refractivity (Wildman–Crippen MR) is 68.9 cm³/mol. The summed E-state index contributed by atoms with van der Waals surface area (Å²) in [5.74, 6) is -0.708. The topological polar surface area (TPSA) is 63.6 Å². The van der Waals surface area contributed by atoms with Crippen LogP contribution < -0.4 is 4.74 Å². The van der Waals surface area contributed by atoms with Gasteiger partial charge >= 0.3 is 5.97 Å². The zero-order chi connectivity index (χ0) is 13.7. The molecule has 0 aromatic heterocycles. The second kappa shape index (κ2) is 6.21. The lowest BCUT2D eigenvalue weighted by Gasteiger charge is -2.11. The number of alkyl halides is 1. The lowest BCUT2D eigenvalue weighted by molar-refractivity contribution is -0.131. The molecule has 0 fully saturated rings. The zero-order valence-electron chi connectivity index (χ0n) is 10.0. The van der Waals surface area contributed by atoms with Gasteiger partial charge in [-0.3, -0.25) is 4.79 Å². The number of carbonyl (C=O) groups excluding carboxylic acids is 1. The van der Waals surface area contributed by atoms with E-state index in [2.05, 4.69) is 0 Å². The highest BCUT2D eigenvalue weighted by atomic mass is 35.5. The Morgan fingerprint density at radius 2 is 2.11 bits per heavy atom. The number of ketones is 1. The maximum Gasteiger partial charge on any atom is 0.328 e. The van der Waals surface area contributed by atoms with Gasteiger partial charge in [0.2, 0.25) is 0 Å². The van der Waals surface area contributed by atoms with Gasteiger partial charge in [-0.25, -0.2) is 4.79 Å². The largest absolute Gasteiger partial charge is 0.497 e. The van der Waals surface area contributed by atoms with Gasteiger partial charge < -0.3 is 9.84 Å². The maximum atomic E-state index is 11.3. The van der Waals surface area contributed by atoms with Crippen LogP contribution in [-0.2, 0) is 9.59 Å². The molecule has 18 heavy (non-hydrogen) atoms. The van der Waals surface area contributed by atoms with Crippen LogP contribution in [0.2, 0.25) is 0 Å². The van der Waals surface area contributed by atoms with Gasteiger partial charge in [0.25, 0.3) is 0 Å². The number of carboxylic acid groups (broad SMARTS) is 1. The van der Waals surface area contributed by atoms with Crippen molar-refractivity contribution in [3.05, 3.63) is 35.4 Å². The first-order chi connectivity index (χ1) is 8.45. The van der Waals surface area contributed by atoms with Gasteiger partial charge in [-0.1, -0.05) is 6.07 Å². The molecule has 0 saturated heterocycles. The van der Waals surface area contributed by atoms with Crippen molar-refractivity contribution in [1.29, 1.82) is 0 Å². The molecule has 0 aliphatic heterocycles. The van der Waals surface area contributed by atoms with Crippen molar-refractivity contribution in [2.75, 3.05) is 7.11 Å². The quantitative estimate of drug-likeness (QED) is 0.659. The Bertz CT molecular complexity index is 494. The molecular weight excluding hydrogens is 256 g/mol. The van der Waals surface area contributed by atoms with Gasteiger partial charge in [-0.2, -0.15) is 0 Å². The van der Waals surface area contributed by atoms with Crippen molar-refractivity contribution in [3.63, 3.8) is 0 Å². The smallest absolute Gasteiger partial charge is 0.328 e. The Labute approximate surface area is 110 Å². The number of aliphatic carboxylic acids is 1. The standard InChI is InChI=1S/C13H13ClO4/c1-8(15)13(14)11-5-4-10(18-2)7-9(11)3-6-12(16)17/h3-7,13H,1-2H3,(H,16,17). The molecule has 0 aliphatic carbocycles. The third kappa shape index (κ3) is 3.60. The molecular formula is C13H13ClO4. The predicted octanol–water partition coefficient (Wildman–Crippen LogP) is 2.66. The maximum absolute atomic E-state index is 11.3. The van der Waals surface area contributed by atoms with Crippen LogP contribution in [0.5, 0.6) is 5.75 Å². The van der Waals surface area contributed by atoms with Crippen LogP contribution in [0, 0.1) is 0 Å².